The predicted octanol–water partition coefficient (Wildman–Crippen LogP) is 1.54. The van der Waals surface area contributed by atoms with Crippen LogP contribution >= 0.6 is 0 Å². The molecule has 1 amide bonds. The van der Waals surface area contributed by atoms with E-state index in [2.05, 4.69) is 15.3 Å². The molecule has 2 atom stereocenters. The number of hydrogen-bond acceptors (Lipinski definition) is 8. The lowest BCUT2D eigenvalue weighted by Crippen LogP contribution is -2.44. The molecule has 0 spiro atoms. The number of nitrogens with zero attached hydrogens (tertiary/aromatic N) is 3. The second-order valence-electron chi connectivity index (χ2n) is 7.40. The molecule has 2 fully saturated rings. The number of rotatable bonds is 6. The predicted molar refractivity (Wildman–Crippen MR) is 109 cm³/mol. The number of ether oxygens (including phenoxy) is 3. The minimum atomic E-state index is -0.336. The minimum Gasteiger partial charge on any atom is -0.488 e. The third-order valence-electron chi connectivity index (χ3n) is 4.81. The number of carbonyl (C=O) groups excluding carboxylic acids is 2. The summed E-state index contributed by atoms with van der Waals surface area (Å²) in [5, 5.41) is 3.51. The van der Waals surface area contributed by atoms with Crippen LogP contribution in [0.25, 0.3) is 10.9 Å². The van der Waals surface area contributed by atoms with Gasteiger partial charge in [-0.05, 0) is 19.1 Å². The Labute approximate surface area is 174 Å². The molecule has 9 nitrogen and oxygen atoms in total. The molecule has 0 aliphatic carbocycles. The van der Waals surface area contributed by atoms with Gasteiger partial charge in [-0.25, -0.2) is 9.97 Å². The van der Waals surface area contributed by atoms with Crippen LogP contribution in [-0.2, 0) is 19.1 Å². The zero-order valence-electron chi connectivity index (χ0n) is 16.7. The van der Waals surface area contributed by atoms with Gasteiger partial charge in [0.25, 0.3) is 0 Å². The van der Waals surface area contributed by atoms with Gasteiger partial charge in [0.2, 0.25) is 11.9 Å². The van der Waals surface area contributed by atoms with E-state index < -0.39 is 0 Å². The van der Waals surface area contributed by atoms with Crippen molar-refractivity contribution in [2.24, 2.45) is 0 Å². The summed E-state index contributed by atoms with van der Waals surface area (Å²) in [4.78, 5) is 34.2. The smallest absolute Gasteiger partial charge is 0.320 e. The van der Waals surface area contributed by atoms with Crippen LogP contribution in [0, 0.1) is 0 Å². The second kappa shape index (κ2) is 9.19. The van der Waals surface area contributed by atoms with Crippen LogP contribution in [0.4, 0.5) is 5.95 Å². The molecule has 2 aromatic rings. The molecule has 9 heteroatoms. The number of aromatic nitrogens is 2. The van der Waals surface area contributed by atoms with Crippen molar-refractivity contribution in [3.05, 3.63) is 36.5 Å². The van der Waals surface area contributed by atoms with Crippen molar-refractivity contribution >= 4 is 28.7 Å². The topological polar surface area (TPSA) is 103 Å². The van der Waals surface area contributed by atoms with Crippen LogP contribution in [0.2, 0.25) is 0 Å². The van der Waals surface area contributed by atoms with E-state index in [9.17, 15) is 9.59 Å². The van der Waals surface area contributed by atoms with Gasteiger partial charge >= 0.3 is 5.97 Å². The number of benzene rings is 1. The van der Waals surface area contributed by atoms with E-state index in [0.717, 1.165) is 11.8 Å². The first kappa shape index (κ1) is 20.2. The standard InChI is InChI=1S/C21H24N4O5/c1-14-11-25(12-20(27)29-14)7-2-3-19(26)24-21-22-10-15-4-5-16(9-18(15)23-21)30-17-6-8-28-13-17/h2-5,9-10,14,17H,6-8,11-13H2,1H3,(H,22,23,24,26)/t14-,17+/m1/s1. The molecule has 0 radical (unpaired) electrons. The van der Waals surface area contributed by atoms with Crippen LogP contribution in [0.3, 0.4) is 0 Å². The van der Waals surface area contributed by atoms with Crippen LogP contribution in [0.15, 0.2) is 36.5 Å². The molecular weight excluding hydrogens is 388 g/mol. The highest BCUT2D eigenvalue weighted by Gasteiger charge is 2.22. The fraction of sp³-hybridized carbons (Fsp3) is 0.429. The minimum absolute atomic E-state index is 0.0540. The molecule has 0 saturated carbocycles. The average molecular weight is 412 g/mol. The van der Waals surface area contributed by atoms with Crippen molar-refractivity contribution in [3.8, 4) is 5.75 Å². The number of fused-ring (bicyclic) bond motifs is 1. The van der Waals surface area contributed by atoms with Crippen molar-refractivity contribution in [1.82, 2.24) is 14.9 Å². The van der Waals surface area contributed by atoms with Crippen LogP contribution < -0.4 is 10.1 Å². The maximum absolute atomic E-state index is 12.2. The molecule has 4 rings (SSSR count). The Bertz CT molecular complexity index is 958. The maximum atomic E-state index is 12.2. The van der Waals surface area contributed by atoms with Gasteiger partial charge in [-0.15, -0.1) is 0 Å². The number of hydrogen-bond donors (Lipinski definition) is 1. The first-order valence-electron chi connectivity index (χ1n) is 9.96. The summed E-state index contributed by atoms with van der Waals surface area (Å²) in [6, 6.07) is 5.59. The van der Waals surface area contributed by atoms with Gasteiger partial charge in [0.1, 0.15) is 18.0 Å². The quantitative estimate of drug-likeness (QED) is 0.563. The summed E-state index contributed by atoms with van der Waals surface area (Å²) < 4.78 is 16.3. The molecule has 158 valence electrons. The summed E-state index contributed by atoms with van der Waals surface area (Å²) >= 11 is 0. The summed E-state index contributed by atoms with van der Waals surface area (Å²) in [5.41, 5.74) is 0.682. The monoisotopic (exact) mass is 412 g/mol. The molecule has 0 bridgehead atoms. The molecule has 2 aliphatic rings. The van der Waals surface area contributed by atoms with Crippen molar-refractivity contribution < 1.29 is 23.8 Å². The number of esters is 1. The molecule has 30 heavy (non-hydrogen) atoms. The number of nitrogens with one attached hydrogen (secondary N) is 1. The van der Waals surface area contributed by atoms with Crippen molar-refractivity contribution in [3.63, 3.8) is 0 Å². The normalized spacial score (nSPS) is 22.4. The van der Waals surface area contributed by atoms with Crippen LogP contribution in [-0.4, -0.2) is 71.8 Å². The van der Waals surface area contributed by atoms with Crippen LogP contribution in [0.1, 0.15) is 13.3 Å². The molecule has 1 N–H and O–H groups in total. The molecule has 1 aromatic carbocycles. The van der Waals surface area contributed by atoms with E-state index in [4.69, 9.17) is 14.2 Å². The molecule has 3 heterocycles. The summed E-state index contributed by atoms with van der Waals surface area (Å²) in [5.74, 6) is 0.342. The Morgan fingerprint density at radius 3 is 3.13 bits per heavy atom. The third kappa shape index (κ3) is 5.31. The highest BCUT2D eigenvalue weighted by Crippen LogP contribution is 2.22. The Hall–Kier alpha value is -3.04. The van der Waals surface area contributed by atoms with Gasteiger partial charge in [-0.1, -0.05) is 6.08 Å². The first-order valence-corrected chi connectivity index (χ1v) is 9.96. The summed E-state index contributed by atoms with van der Waals surface area (Å²) in [6.45, 7) is 4.49. The molecule has 0 unspecified atom stereocenters. The van der Waals surface area contributed by atoms with Crippen molar-refractivity contribution in [2.75, 3.05) is 38.2 Å². The van der Waals surface area contributed by atoms with E-state index >= 15 is 0 Å². The largest absolute Gasteiger partial charge is 0.488 e. The summed E-state index contributed by atoms with van der Waals surface area (Å²) in [7, 11) is 0. The maximum Gasteiger partial charge on any atom is 0.320 e. The average Bonchev–Trinajstić information content (AvgIpc) is 3.20. The Morgan fingerprint density at radius 2 is 2.33 bits per heavy atom. The van der Waals surface area contributed by atoms with E-state index in [1.54, 1.807) is 12.3 Å². The second-order valence-corrected chi connectivity index (χ2v) is 7.40. The zero-order valence-corrected chi connectivity index (χ0v) is 16.7. The lowest BCUT2D eigenvalue weighted by molar-refractivity contribution is -0.156. The zero-order chi connectivity index (χ0) is 20.9. The van der Waals surface area contributed by atoms with Crippen LogP contribution in [0.5, 0.6) is 5.75 Å². The fourth-order valence-electron chi connectivity index (χ4n) is 3.44. The van der Waals surface area contributed by atoms with Gasteiger partial charge in [0.05, 0.1) is 25.3 Å². The lowest BCUT2D eigenvalue weighted by Gasteiger charge is -2.29. The Morgan fingerprint density at radius 1 is 1.43 bits per heavy atom. The molecule has 2 aliphatic heterocycles. The van der Waals surface area contributed by atoms with E-state index in [-0.39, 0.29) is 36.6 Å². The fourth-order valence-corrected chi connectivity index (χ4v) is 3.44. The number of amides is 1. The Balaban J connectivity index is 1.35. The first-order chi connectivity index (χ1) is 14.5. The third-order valence-corrected chi connectivity index (χ3v) is 4.81. The number of morpholine rings is 1. The van der Waals surface area contributed by atoms with Gasteiger partial charge in [0.15, 0.2) is 0 Å². The van der Waals surface area contributed by atoms with E-state index in [1.807, 2.05) is 30.0 Å². The molecule has 2 saturated heterocycles. The Kier molecular flexibility index (Phi) is 6.20. The molecule has 1 aromatic heterocycles. The van der Waals surface area contributed by atoms with Gasteiger partial charge in [-0.3, -0.25) is 19.8 Å². The lowest BCUT2D eigenvalue weighted by atomic mass is 10.2. The van der Waals surface area contributed by atoms with Crippen molar-refractivity contribution in [2.45, 2.75) is 25.6 Å². The molecular formula is C21H24N4O5. The highest BCUT2D eigenvalue weighted by molar-refractivity contribution is 5.98. The van der Waals surface area contributed by atoms with Gasteiger partial charge in [0, 0.05) is 43.2 Å². The number of anilines is 1. The van der Waals surface area contributed by atoms with E-state index in [0.29, 0.717) is 37.6 Å². The van der Waals surface area contributed by atoms with Gasteiger partial charge in [-0.2, -0.15) is 0 Å². The number of cyclic esters (lactones) is 1. The highest BCUT2D eigenvalue weighted by atomic mass is 16.6. The summed E-state index contributed by atoms with van der Waals surface area (Å²) in [6.07, 6.45) is 5.56. The van der Waals surface area contributed by atoms with E-state index in [1.165, 1.54) is 6.08 Å². The SMILES string of the molecule is C[C@@H]1CN(CC=CC(=O)Nc2ncc3ccc(O[C@H]4CCOC4)cc3n2)CC(=O)O1. The van der Waals surface area contributed by atoms with Gasteiger partial charge < -0.3 is 14.2 Å². The van der Waals surface area contributed by atoms with Crippen molar-refractivity contribution in [1.29, 1.82) is 0 Å². The number of carbonyl (C=O) groups is 2.